The lowest BCUT2D eigenvalue weighted by atomic mass is 10.0. The second kappa shape index (κ2) is 7.93. The molecular weight excluding hydrogens is 380 g/mol. The number of hydrogen-bond acceptors (Lipinski definition) is 5. The summed E-state index contributed by atoms with van der Waals surface area (Å²) in [6.45, 7) is 4.51. The number of hydrogen-bond donors (Lipinski definition) is 3. The van der Waals surface area contributed by atoms with Crippen molar-refractivity contribution in [3.63, 3.8) is 0 Å². The lowest BCUT2D eigenvalue weighted by Crippen LogP contribution is -2.41. The molecule has 1 saturated heterocycles. The summed E-state index contributed by atoms with van der Waals surface area (Å²) in [6, 6.07) is 13.4. The molecule has 1 amide bonds. The number of H-pyrrole nitrogens is 1. The fourth-order valence-electron chi connectivity index (χ4n) is 4.22. The van der Waals surface area contributed by atoms with E-state index in [9.17, 15) is 9.90 Å². The van der Waals surface area contributed by atoms with Gasteiger partial charge in [-0.25, -0.2) is 0 Å². The number of nitrogens with zero attached hydrogens (tertiary/aromatic N) is 2. The highest BCUT2D eigenvalue weighted by Crippen LogP contribution is 2.40. The largest absolute Gasteiger partial charge is 0.507 e. The molecule has 154 valence electrons. The Morgan fingerprint density at radius 3 is 2.90 bits per heavy atom. The summed E-state index contributed by atoms with van der Waals surface area (Å²) in [6.07, 6.45) is 0.805. The molecule has 0 bridgehead atoms. The van der Waals surface area contributed by atoms with Crippen molar-refractivity contribution in [2.75, 3.05) is 39.4 Å². The number of ether oxygens (including phenoxy) is 1. The molecule has 3 aromatic rings. The first-order chi connectivity index (χ1) is 14.7. The molecule has 1 aliphatic carbocycles. The first kappa shape index (κ1) is 18.8. The standard InChI is InChI=1S/C23H24N4O3/c28-20-6-5-16(14-18(20)23(29)24-7-8-27-9-11-30-12-10-27)21-19-13-15-3-1-2-4-17(15)22(19)26-25-21/h1-6,14,28H,7-13H2,(H,24,29)(H,25,26). The van der Waals surface area contributed by atoms with Crippen molar-refractivity contribution < 1.29 is 14.6 Å². The highest BCUT2D eigenvalue weighted by Gasteiger charge is 2.25. The van der Waals surface area contributed by atoms with Gasteiger partial charge < -0.3 is 15.2 Å². The quantitative estimate of drug-likeness (QED) is 0.475. The summed E-state index contributed by atoms with van der Waals surface area (Å²) in [4.78, 5) is 15.0. The molecule has 0 atom stereocenters. The summed E-state index contributed by atoms with van der Waals surface area (Å²) in [5, 5.41) is 20.8. The highest BCUT2D eigenvalue weighted by atomic mass is 16.5. The van der Waals surface area contributed by atoms with E-state index in [0.29, 0.717) is 6.54 Å². The average Bonchev–Trinajstić information content (AvgIpc) is 3.34. The Labute approximate surface area is 174 Å². The van der Waals surface area contributed by atoms with Crippen molar-refractivity contribution in [3.8, 4) is 28.3 Å². The van der Waals surface area contributed by atoms with Crippen LogP contribution in [0.3, 0.4) is 0 Å². The molecule has 3 N–H and O–H groups in total. The van der Waals surface area contributed by atoms with Gasteiger partial charge in [-0.1, -0.05) is 24.3 Å². The van der Waals surface area contributed by atoms with Gasteiger partial charge in [0.1, 0.15) is 5.75 Å². The number of amides is 1. The highest BCUT2D eigenvalue weighted by molar-refractivity contribution is 5.98. The van der Waals surface area contributed by atoms with E-state index in [1.165, 1.54) is 11.1 Å². The van der Waals surface area contributed by atoms with Crippen molar-refractivity contribution in [3.05, 3.63) is 59.2 Å². The number of carbonyl (C=O) groups excluding carboxylic acids is 1. The van der Waals surface area contributed by atoms with E-state index in [1.54, 1.807) is 18.2 Å². The summed E-state index contributed by atoms with van der Waals surface area (Å²) in [5.41, 5.74) is 6.50. The topological polar surface area (TPSA) is 90.5 Å². The molecule has 0 saturated carbocycles. The predicted octanol–water partition coefficient (Wildman–Crippen LogP) is 2.42. The van der Waals surface area contributed by atoms with Crippen molar-refractivity contribution in [2.45, 2.75) is 6.42 Å². The maximum atomic E-state index is 12.7. The molecule has 2 aliphatic rings. The number of phenolic OH excluding ortho intramolecular Hbond substituents is 1. The molecule has 1 aliphatic heterocycles. The van der Waals surface area contributed by atoms with E-state index in [2.05, 4.69) is 32.5 Å². The molecule has 2 heterocycles. The predicted molar refractivity (Wildman–Crippen MR) is 114 cm³/mol. The van der Waals surface area contributed by atoms with Gasteiger partial charge in [0, 0.05) is 49.3 Å². The number of rotatable bonds is 5. The number of benzene rings is 2. The molecule has 0 radical (unpaired) electrons. The van der Waals surface area contributed by atoms with Crippen LogP contribution in [0.15, 0.2) is 42.5 Å². The number of aromatic amines is 1. The number of carbonyl (C=O) groups is 1. The van der Waals surface area contributed by atoms with Crippen molar-refractivity contribution in [1.29, 1.82) is 0 Å². The van der Waals surface area contributed by atoms with Crippen molar-refractivity contribution >= 4 is 5.91 Å². The molecule has 1 aromatic heterocycles. The van der Waals surface area contributed by atoms with Crippen LogP contribution in [0.25, 0.3) is 22.5 Å². The van der Waals surface area contributed by atoms with Crippen LogP contribution in [0.4, 0.5) is 0 Å². The monoisotopic (exact) mass is 404 g/mol. The smallest absolute Gasteiger partial charge is 0.255 e. The summed E-state index contributed by atoms with van der Waals surface area (Å²) < 4.78 is 5.34. The molecular formula is C23H24N4O3. The molecule has 7 heteroatoms. The number of aromatic nitrogens is 2. The Balaban J connectivity index is 1.33. The third-order valence-corrected chi connectivity index (χ3v) is 5.85. The second-order valence-electron chi connectivity index (χ2n) is 7.70. The Kier molecular flexibility index (Phi) is 4.98. The van der Waals surface area contributed by atoms with Crippen LogP contribution < -0.4 is 5.32 Å². The van der Waals surface area contributed by atoms with Crippen molar-refractivity contribution in [2.24, 2.45) is 0 Å². The van der Waals surface area contributed by atoms with Gasteiger partial charge in [-0.15, -0.1) is 0 Å². The fraction of sp³-hybridized carbons (Fsp3) is 0.304. The normalized spacial score (nSPS) is 15.6. The van der Waals surface area contributed by atoms with Crippen molar-refractivity contribution in [1.82, 2.24) is 20.4 Å². The maximum Gasteiger partial charge on any atom is 0.255 e. The van der Waals surface area contributed by atoms with E-state index in [1.807, 2.05) is 12.1 Å². The van der Waals surface area contributed by atoms with E-state index in [4.69, 9.17) is 4.74 Å². The van der Waals surface area contributed by atoms with Gasteiger partial charge in [-0.3, -0.25) is 14.8 Å². The molecule has 1 fully saturated rings. The lowest BCUT2D eigenvalue weighted by molar-refractivity contribution is 0.0383. The van der Waals surface area contributed by atoms with Crippen LogP contribution in [0, 0.1) is 0 Å². The summed E-state index contributed by atoms with van der Waals surface area (Å²) >= 11 is 0. The molecule has 7 nitrogen and oxygen atoms in total. The first-order valence-corrected chi connectivity index (χ1v) is 10.3. The number of fused-ring (bicyclic) bond motifs is 3. The SMILES string of the molecule is O=C(NCCN1CCOCC1)c1cc(-c2n[nH]c3c2Cc2ccccc2-3)ccc1O. The molecule has 30 heavy (non-hydrogen) atoms. The number of nitrogens with one attached hydrogen (secondary N) is 2. The minimum Gasteiger partial charge on any atom is -0.507 e. The molecule has 0 spiro atoms. The molecule has 5 rings (SSSR count). The lowest BCUT2D eigenvalue weighted by Gasteiger charge is -2.26. The van der Waals surface area contributed by atoms with Gasteiger partial charge in [0.25, 0.3) is 5.91 Å². The fourth-order valence-corrected chi connectivity index (χ4v) is 4.22. The van der Waals surface area contributed by atoms with Crippen LogP contribution in [0.2, 0.25) is 0 Å². The van der Waals surface area contributed by atoms with Crippen LogP contribution in [-0.4, -0.2) is 65.5 Å². The Bertz CT molecular complexity index is 1090. The summed E-state index contributed by atoms with van der Waals surface area (Å²) in [5.74, 6) is -0.309. The molecule has 2 aromatic carbocycles. The Morgan fingerprint density at radius 2 is 2.03 bits per heavy atom. The Hall–Kier alpha value is -3.16. The maximum absolute atomic E-state index is 12.7. The summed E-state index contributed by atoms with van der Waals surface area (Å²) in [7, 11) is 0. The van der Waals surface area contributed by atoms with Crippen LogP contribution in [0.1, 0.15) is 21.5 Å². The number of aromatic hydroxyl groups is 1. The van der Waals surface area contributed by atoms with Gasteiger partial charge in [0.15, 0.2) is 0 Å². The number of phenols is 1. The van der Waals surface area contributed by atoms with Crippen LogP contribution in [0.5, 0.6) is 5.75 Å². The van der Waals surface area contributed by atoms with Gasteiger partial charge in [-0.2, -0.15) is 5.10 Å². The van der Waals surface area contributed by atoms with Gasteiger partial charge in [-0.05, 0) is 23.8 Å². The first-order valence-electron chi connectivity index (χ1n) is 10.3. The zero-order valence-electron chi connectivity index (χ0n) is 16.6. The zero-order valence-corrected chi connectivity index (χ0v) is 16.6. The number of morpholine rings is 1. The van der Waals surface area contributed by atoms with E-state index in [0.717, 1.165) is 61.8 Å². The van der Waals surface area contributed by atoms with Crippen LogP contribution >= 0.6 is 0 Å². The van der Waals surface area contributed by atoms with Crippen LogP contribution in [-0.2, 0) is 11.2 Å². The Morgan fingerprint density at radius 1 is 1.20 bits per heavy atom. The van der Waals surface area contributed by atoms with Gasteiger partial charge in [0.2, 0.25) is 0 Å². The minimum absolute atomic E-state index is 0.0295. The average molecular weight is 404 g/mol. The van der Waals surface area contributed by atoms with E-state index in [-0.39, 0.29) is 17.2 Å². The van der Waals surface area contributed by atoms with Gasteiger partial charge >= 0.3 is 0 Å². The van der Waals surface area contributed by atoms with E-state index < -0.39 is 0 Å². The van der Waals surface area contributed by atoms with E-state index >= 15 is 0 Å². The molecule has 0 unspecified atom stereocenters. The second-order valence-corrected chi connectivity index (χ2v) is 7.70. The van der Waals surface area contributed by atoms with Gasteiger partial charge in [0.05, 0.1) is 30.2 Å². The third kappa shape index (κ3) is 3.46. The minimum atomic E-state index is -0.280. The third-order valence-electron chi connectivity index (χ3n) is 5.85. The zero-order chi connectivity index (χ0) is 20.5.